The van der Waals surface area contributed by atoms with Gasteiger partial charge in [0.25, 0.3) is 12.0 Å². The molecule has 2 rings (SSSR count). The molecule has 0 spiro atoms. The first kappa shape index (κ1) is 8.93. The van der Waals surface area contributed by atoms with Crippen molar-refractivity contribution < 1.29 is 9.53 Å². The zero-order valence-corrected chi connectivity index (χ0v) is 7.55. The van der Waals surface area contributed by atoms with E-state index in [1.807, 2.05) is 0 Å². The van der Waals surface area contributed by atoms with Gasteiger partial charge in [-0.1, -0.05) is 0 Å². The van der Waals surface area contributed by atoms with E-state index >= 15 is 0 Å². The lowest BCUT2D eigenvalue weighted by Gasteiger charge is -2.11. The second kappa shape index (κ2) is 3.61. The number of carbonyl (C=O) groups excluding carboxylic acids is 1. The highest BCUT2D eigenvalue weighted by atomic mass is 16.5. The summed E-state index contributed by atoms with van der Waals surface area (Å²) in [5.41, 5.74) is -0.0769. The van der Waals surface area contributed by atoms with Crippen molar-refractivity contribution in [2.75, 3.05) is 6.61 Å². The molecule has 5 nitrogen and oxygen atoms in total. The van der Waals surface area contributed by atoms with Gasteiger partial charge in [-0.25, -0.2) is 4.98 Å². The van der Waals surface area contributed by atoms with Gasteiger partial charge in [0, 0.05) is 18.7 Å². The van der Waals surface area contributed by atoms with E-state index in [0.29, 0.717) is 6.47 Å². The number of nitrogens with zero attached hydrogens (tertiary/aromatic N) is 2. The SMILES string of the molecule is O=COC[C@@H]1CCc2nccc(=O)n21. The lowest BCUT2D eigenvalue weighted by atomic mass is 10.2. The summed E-state index contributed by atoms with van der Waals surface area (Å²) in [5.74, 6) is 0.775. The van der Waals surface area contributed by atoms with Gasteiger partial charge in [0.15, 0.2) is 0 Å². The molecule has 0 aromatic carbocycles. The number of aromatic nitrogens is 2. The first-order valence-electron chi connectivity index (χ1n) is 4.44. The van der Waals surface area contributed by atoms with Crippen LogP contribution in [-0.4, -0.2) is 22.6 Å². The van der Waals surface area contributed by atoms with Crippen molar-refractivity contribution in [1.29, 1.82) is 0 Å². The quantitative estimate of drug-likeness (QED) is 0.630. The molecule has 1 aromatic heterocycles. The van der Waals surface area contributed by atoms with E-state index in [1.165, 1.54) is 12.3 Å². The van der Waals surface area contributed by atoms with Gasteiger partial charge in [0.2, 0.25) is 0 Å². The molecule has 74 valence electrons. The Bertz CT molecular complexity index is 399. The Balaban J connectivity index is 2.28. The van der Waals surface area contributed by atoms with Gasteiger partial charge < -0.3 is 4.74 Å². The van der Waals surface area contributed by atoms with Crippen molar-refractivity contribution in [3.05, 3.63) is 28.4 Å². The lowest BCUT2D eigenvalue weighted by Crippen LogP contribution is -2.25. The molecule has 5 heteroatoms. The molecule has 0 saturated carbocycles. The van der Waals surface area contributed by atoms with E-state index in [9.17, 15) is 9.59 Å². The van der Waals surface area contributed by atoms with Gasteiger partial charge in [0.1, 0.15) is 12.4 Å². The Labute approximate surface area is 80.3 Å². The van der Waals surface area contributed by atoms with Crippen molar-refractivity contribution in [2.45, 2.75) is 18.9 Å². The predicted molar refractivity (Wildman–Crippen MR) is 47.9 cm³/mol. The van der Waals surface area contributed by atoms with Gasteiger partial charge in [-0.2, -0.15) is 0 Å². The number of hydrogen-bond acceptors (Lipinski definition) is 4. The highest BCUT2D eigenvalue weighted by molar-refractivity contribution is 5.36. The number of fused-ring (bicyclic) bond motifs is 1. The van der Waals surface area contributed by atoms with Crippen LogP contribution in [-0.2, 0) is 16.0 Å². The molecule has 0 amide bonds. The maximum absolute atomic E-state index is 11.5. The molecule has 0 bridgehead atoms. The van der Waals surface area contributed by atoms with Gasteiger partial charge in [-0.05, 0) is 6.42 Å². The van der Waals surface area contributed by atoms with Gasteiger partial charge in [-0.15, -0.1) is 0 Å². The fraction of sp³-hybridized carbons (Fsp3) is 0.444. The molecule has 0 fully saturated rings. The summed E-state index contributed by atoms with van der Waals surface area (Å²) in [6.07, 6.45) is 3.08. The van der Waals surface area contributed by atoms with Crippen molar-refractivity contribution in [3.8, 4) is 0 Å². The van der Waals surface area contributed by atoms with Crippen molar-refractivity contribution in [1.82, 2.24) is 9.55 Å². The van der Waals surface area contributed by atoms with Crippen LogP contribution in [0.4, 0.5) is 0 Å². The maximum Gasteiger partial charge on any atom is 0.293 e. The van der Waals surface area contributed by atoms with Crippen molar-refractivity contribution in [2.24, 2.45) is 0 Å². The number of ether oxygens (including phenoxy) is 1. The third-order valence-corrected chi connectivity index (χ3v) is 2.38. The molecule has 2 heterocycles. The molecule has 1 atom stereocenters. The Morgan fingerprint density at radius 3 is 3.36 bits per heavy atom. The largest absolute Gasteiger partial charge is 0.466 e. The topological polar surface area (TPSA) is 61.2 Å². The molecule has 0 saturated heterocycles. The van der Waals surface area contributed by atoms with Crippen LogP contribution >= 0.6 is 0 Å². The molecule has 0 aliphatic carbocycles. The molecule has 0 radical (unpaired) electrons. The highest BCUT2D eigenvalue weighted by Gasteiger charge is 2.23. The monoisotopic (exact) mass is 194 g/mol. The predicted octanol–water partition coefficient (Wildman–Crippen LogP) is -0.0964. The summed E-state index contributed by atoms with van der Waals surface area (Å²) in [7, 11) is 0. The van der Waals surface area contributed by atoms with Crippen LogP contribution in [0.5, 0.6) is 0 Å². The van der Waals surface area contributed by atoms with Crippen LogP contribution in [0, 0.1) is 0 Å². The summed E-state index contributed by atoms with van der Waals surface area (Å²) < 4.78 is 6.26. The smallest absolute Gasteiger partial charge is 0.293 e. The minimum absolute atomic E-state index is 0.0450. The minimum Gasteiger partial charge on any atom is -0.466 e. The maximum atomic E-state index is 11.5. The Morgan fingerprint density at radius 2 is 2.57 bits per heavy atom. The molecule has 1 aromatic rings. The molecular weight excluding hydrogens is 184 g/mol. The summed E-state index contributed by atoms with van der Waals surface area (Å²) in [6.45, 7) is 0.654. The molecule has 0 N–H and O–H groups in total. The van der Waals surface area contributed by atoms with Crippen LogP contribution in [0.25, 0.3) is 0 Å². The summed E-state index contributed by atoms with van der Waals surface area (Å²) >= 11 is 0. The summed E-state index contributed by atoms with van der Waals surface area (Å²) in [5, 5.41) is 0. The Kier molecular flexibility index (Phi) is 2.30. The first-order chi connectivity index (χ1) is 6.83. The number of hydrogen-bond donors (Lipinski definition) is 0. The number of aryl methyl sites for hydroxylation is 1. The lowest BCUT2D eigenvalue weighted by molar-refractivity contribution is -0.129. The van der Waals surface area contributed by atoms with Crippen LogP contribution in [0.1, 0.15) is 18.3 Å². The van der Waals surface area contributed by atoms with Crippen molar-refractivity contribution >= 4 is 6.47 Å². The fourth-order valence-electron chi connectivity index (χ4n) is 1.77. The van der Waals surface area contributed by atoms with E-state index in [2.05, 4.69) is 9.72 Å². The zero-order valence-electron chi connectivity index (χ0n) is 7.55. The Hall–Kier alpha value is -1.65. The van der Waals surface area contributed by atoms with E-state index in [4.69, 9.17) is 0 Å². The third-order valence-electron chi connectivity index (χ3n) is 2.38. The second-order valence-corrected chi connectivity index (χ2v) is 3.19. The zero-order chi connectivity index (χ0) is 9.97. The molecule has 0 unspecified atom stereocenters. The van der Waals surface area contributed by atoms with E-state index in [1.54, 1.807) is 4.57 Å². The Morgan fingerprint density at radius 1 is 1.71 bits per heavy atom. The van der Waals surface area contributed by atoms with Gasteiger partial charge in [0.05, 0.1) is 6.04 Å². The molecule has 14 heavy (non-hydrogen) atoms. The average molecular weight is 194 g/mol. The number of rotatable bonds is 3. The van der Waals surface area contributed by atoms with Gasteiger partial charge >= 0.3 is 0 Å². The second-order valence-electron chi connectivity index (χ2n) is 3.19. The fourth-order valence-corrected chi connectivity index (χ4v) is 1.77. The minimum atomic E-state index is -0.0769. The molecule has 1 aliphatic heterocycles. The highest BCUT2D eigenvalue weighted by Crippen LogP contribution is 2.21. The van der Waals surface area contributed by atoms with Gasteiger partial charge in [-0.3, -0.25) is 14.2 Å². The third kappa shape index (κ3) is 1.41. The van der Waals surface area contributed by atoms with E-state index in [-0.39, 0.29) is 18.2 Å². The standard InChI is InChI=1S/C9H10N2O3/c12-6-14-5-7-1-2-8-10-4-3-9(13)11(7)8/h3-4,6-7H,1-2,5H2/t7-/m0/s1. The van der Waals surface area contributed by atoms with Crippen LogP contribution in [0.3, 0.4) is 0 Å². The first-order valence-corrected chi connectivity index (χ1v) is 4.44. The summed E-state index contributed by atoms with van der Waals surface area (Å²) in [6, 6.07) is 1.37. The number of carbonyl (C=O) groups is 1. The van der Waals surface area contributed by atoms with E-state index < -0.39 is 0 Å². The molecule has 1 aliphatic rings. The normalized spacial score (nSPS) is 19.0. The van der Waals surface area contributed by atoms with Crippen LogP contribution < -0.4 is 5.56 Å². The average Bonchev–Trinajstić information content (AvgIpc) is 2.59. The van der Waals surface area contributed by atoms with Crippen LogP contribution in [0.2, 0.25) is 0 Å². The van der Waals surface area contributed by atoms with Crippen molar-refractivity contribution in [3.63, 3.8) is 0 Å². The van der Waals surface area contributed by atoms with Crippen LogP contribution in [0.15, 0.2) is 17.1 Å². The molecular formula is C9H10N2O3. The summed E-state index contributed by atoms with van der Waals surface area (Å²) in [4.78, 5) is 25.6. The van der Waals surface area contributed by atoms with E-state index in [0.717, 1.165) is 18.7 Å².